The molecule has 0 fully saturated rings. The Labute approximate surface area is 198 Å². The van der Waals surface area contributed by atoms with E-state index in [0.29, 0.717) is 17.4 Å². The summed E-state index contributed by atoms with van der Waals surface area (Å²) in [6, 6.07) is 3.95. The lowest BCUT2D eigenvalue weighted by Gasteiger charge is -2.30. The number of nitrogen functional groups attached to an aromatic ring is 1. The largest absolute Gasteiger partial charge is 0.368 e. The second-order valence-electron chi connectivity index (χ2n) is 8.72. The lowest BCUT2D eigenvalue weighted by molar-refractivity contribution is 0.350. The molecule has 176 valence electrons. The number of hydrogen-bond acceptors (Lipinski definition) is 10. The highest BCUT2D eigenvalue weighted by atomic mass is 16.5. The smallest absolute Gasteiger partial charge is 0.278 e. The van der Waals surface area contributed by atoms with Gasteiger partial charge < -0.3 is 15.2 Å². The van der Waals surface area contributed by atoms with Crippen molar-refractivity contribution in [1.82, 2.24) is 35.1 Å². The van der Waals surface area contributed by atoms with E-state index >= 15 is 0 Å². The van der Waals surface area contributed by atoms with Gasteiger partial charge >= 0.3 is 0 Å². The van der Waals surface area contributed by atoms with Crippen LogP contribution >= 0.6 is 0 Å². The van der Waals surface area contributed by atoms with Crippen LogP contribution in [0.25, 0.3) is 22.8 Å². The molecule has 0 unspecified atom stereocenters. The van der Waals surface area contributed by atoms with Gasteiger partial charge in [0.2, 0.25) is 5.95 Å². The van der Waals surface area contributed by atoms with Crippen molar-refractivity contribution < 1.29 is 4.52 Å². The molecular weight excluding hydrogens is 430 g/mol. The molecule has 10 nitrogen and oxygen atoms in total. The molecule has 0 spiro atoms. The standard InChI is InChI=1S/C24H29N9O/c1-6-9-33(5)20-14-27-19(13-28-20)21-31-22(32-34-21)24(4,15(2)3)17-7-8-18(26-12-17)16-10-29-23(25)30-11-16/h7-8,10-15H,6,9H2,1-5H3,(H2,25,29,30)/t24-/m1/s1. The van der Waals surface area contributed by atoms with Crippen LogP contribution in [-0.2, 0) is 5.41 Å². The Morgan fingerprint density at radius 2 is 1.71 bits per heavy atom. The summed E-state index contributed by atoms with van der Waals surface area (Å²) < 4.78 is 5.59. The fourth-order valence-corrected chi connectivity index (χ4v) is 3.68. The third-order valence-corrected chi connectivity index (χ3v) is 6.18. The van der Waals surface area contributed by atoms with Crippen LogP contribution in [-0.4, -0.2) is 48.7 Å². The van der Waals surface area contributed by atoms with E-state index in [0.717, 1.165) is 35.6 Å². The average molecular weight is 460 g/mol. The summed E-state index contributed by atoms with van der Waals surface area (Å²) in [6.45, 7) is 9.36. The third kappa shape index (κ3) is 4.43. The van der Waals surface area contributed by atoms with Crippen molar-refractivity contribution in [2.45, 2.75) is 39.5 Å². The fraction of sp³-hybridized carbons (Fsp3) is 0.375. The molecule has 4 aromatic heterocycles. The van der Waals surface area contributed by atoms with E-state index in [1.54, 1.807) is 24.8 Å². The number of nitrogens with zero attached hydrogens (tertiary/aromatic N) is 8. The van der Waals surface area contributed by atoms with Gasteiger partial charge in [-0.2, -0.15) is 4.98 Å². The highest BCUT2D eigenvalue weighted by Crippen LogP contribution is 2.38. The molecule has 10 heteroatoms. The van der Waals surface area contributed by atoms with Crippen molar-refractivity contribution in [3.8, 4) is 22.8 Å². The lowest BCUT2D eigenvalue weighted by atomic mass is 9.73. The highest BCUT2D eigenvalue weighted by molar-refractivity contribution is 5.57. The summed E-state index contributed by atoms with van der Waals surface area (Å²) >= 11 is 0. The normalized spacial score (nSPS) is 13.1. The first-order valence-electron chi connectivity index (χ1n) is 11.2. The number of rotatable bonds is 8. The molecule has 0 aliphatic rings. The predicted octanol–water partition coefficient (Wildman–Crippen LogP) is 3.77. The van der Waals surface area contributed by atoms with Gasteiger partial charge in [-0.3, -0.25) is 4.98 Å². The van der Waals surface area contributed by atoms with Crippen molar-refractivity contribution in [2.24, 2.45) is 5.92 Å². The molecule has 0 radical (unpaired) electrons. The van der Waals surface area contributed by atoms with Gasteiger partial charge in [-0.05, 0) is 30.9 Å². The number of nitrogens with two attached hydrogens (primary N) is 1. The van der Waals surface area contributed by atoms with Gasteiger partial charge in [0.05, 0.1) is 23.5 Å². The van der Waals surface area contributed by atoms with Crippen LogP contribution in [0.15, 0.2) is 47.6 Å². The summed E-state index contributed by atoms with van der Waals surface area (Å²) in [6.07, 6.45) is 9.56. The van der Waals surface area contributed by atoms with Crippen molar-refractivity contribution in [1.29, 1.82) is 0 Å². The Kier molecular flexibility index (Phi) is 6.49. The molecule has 0 saturated carbocycles. The average Bonchev–Trinajstić information content (AvgIpc) is 3.35. The number of pyridine rings is 1. The summed E-state index contributed by atoms with van der Waals surface area (Å²) in [5, 5.41) is 4.31. The first-order valence-corrected chi connectivity index (χ1v) is 11.2. The zero-order valence-electron chi connectivity index (χ0n) is 20.1. The Morgan fingerprint density at radius 1 is 0.971 bits per heavy atom. The van der Waals surface area contributed by atoms with Gasteiger partial charge in [0.1, 0.15) is 11.5 Å². The molecule has 4 rings (SSSR count). The van der Waals surface area contributed by atoms with Crippen LogP contribution in [0.5, 0.6) is 0 Å². The fourth-order valence-electron chi connectivity index (χ4n) is 3.68. The number of aromatic nitrogens is 7. The molecule has 0 aliphatic heterocycles. The van der Waals surface area contributed by atoms with E-state index < -0.39 is 5.41 Å². The highest BCUT2D eigenvalue weighted by Gasteiger charge is 2.38. The van der Waals surface area contributed by atoms with Gasteiger partial charge in [0, 0.05) is 37.7 Å². The first-order chi connectivity index (χ1) is 16.3. The van der Waals surface area contributed by atoms with Crippen molar-refractivity contribution in [3.63, 3.8) is 0 Å². The van der Waals surface area contributed by atoms with Crippen LogP contribution in [0, 0.1) is 5.92 Å². The van der Waals surface area contributed by atoms with Crippen molar-refractivity contribution in [2.75, 3.05) is 24.2 Å². The summed E-state index contributed by atoms with van der Waals surface area (Å²) in [4.78, 5) is 28.4. The molecule has 0 aliphatic carbocycles. The molecular formula is C24H29N9O. The van der Waals surface area contributed by atoms with Crippen molar-refractivity contribution in [3.05, 3.63) is 54.5 Å². The molecule has 0 aromatic carbocycles. The third-order valence-electron chi connectivity index (χ3n) is 6.18. The van der Waals surface area contributed by atoms with Gasteiger partial charge in [0.25, 0.3) is 5.89 Å². The number of anilines is 2. The van der Waals surface area contributed by atoms with E-state index in [4.69, 9.17) is 15.2 Å². The molecule has 0 bridgehead atoms. The minimum absolute atomic E-state index is 0.168. The second kappa shape index (κ2) is 9.50. The van der Waals surface area contributed by atoms with Crippen LogP contribution < -0.4 is 10.6 Å². The summed E-state index contributed by atoms with van der Waals surface area (Å²) in [7, 11) is 1.99. The van der Waals surface area contributed by atoms with E-state index in [1.165, 1.54) is 0 Å². The maximum absolute atomic E-state index is 5.59. The zero-order valence-corrected chi connectivity index (χ0v) is 20.1. The van der Waals surface area contributed by atoms with Gasteiger partial charge in [-0.1, -0.05) is 32.0 Å². The Morgan fingerprint density at radius 3 is 2.29 bits per heavy atom. The van der Waals surface area contributed by atoms with E-state index in [2.05, 4.69) is 62.7 Å². The van der Waals surface area contributed by atoms with Gasteiger partial charge in [-0.25, -0.2) is 19.9 Å². The van der Waals surface area contributed by atoms with Crippen LogP contribution in [0.3, 0.4) is 0 Å². The SMILES string of the molecule is CCCN(C)c1cnc(-c2nc([C@@](C)(c3ccc(-c4cnc(N)nc4)nc3)C(C)C)no2)cn1. The Balaban J connectivity index is 1.62. The molecule has 34 heavy (non-hydrogen) atoms. The predicted molar refractivity (Wildman–Crippen MR) is 130 cm³/mol. The summed E-state index contributed by atoms with van der Waals surface area (Å²) in [5.41, 5.74) is 8.11. The minimum atomic E-state index is -0.528. The molecule has 4 heterocycles. The molecule has 0 saturated heterocycles. The monoisotopic (exact) mass is 459 g/mol. The van der Waals surface area contributed by atoms with Crippen LogP contribution in [0.4, 0.5) is 11.8 Å². The molecule has 2 N–H and O–H groups in total. The van der Waals surface area contributed by atoms with Gasteiger partial charge in [-0.15, -0.1) is 0 Å². The second-order valence-corrected chi connectivity index (χ2v) is 8.72. The van der Waals surface area contributed by atoms with Crippen molar-refractivity contribution >= 4 is 11.8 Å². The Bertz CT molecular complexity index is 1220. The number of hydrogen-bond donors (Lipinski definition) is 1. The van der Waals surface area contributed by atoms with Gasteiger partial charge in [0.15, 0.2) is 5.82 Å². The molecule has 4 aromatic rings. The maximum Gasteiger partial charge on any atom is 0.278 e. The zero-order chi connectivity index (χ0) is 24.3. The molecule has 1 atom stereocenters. The van der Waals surface area contributed by atoms with Crippen LogP contribution in [0.2, 0.25) is 0 Å². The topological polar surface area (TPSA) is 133 Å². The maximum atomic E-state index is 5.59. The first kappa shape index (κ1) is 23.2. The van der Waals surface area contributed by atoms with E-state index in [-0.39, 0.29) is 11.9 Å². The minimum Gasteiger partial charge on any atom is -0.368 e. The lowest BCUT2D eigenvalue weighted by Crippen LogP contribution is -2.31. The quantitative estimate of drug-likeness (QED) is 0.415. The Hall–Kier alpha value is -3.95. The van der Waals surface area contributed by atoms with Crippen LogP contribution in [0.1, 0.15) is 45.5 Å². The van der Waals surface area contributed by atoms with E-state index in [1.807, 2.05) is 25.4 Å². The molecule has 0 amide bonds. The summed E-state index contributed by atoms with van der Waals surface area (Å²) in [5.74, 6) is 2.10. The van der Waals surface area contributed by atoms with E-state index in [9.17, 15) is 0 Å².